The van der Waals surface area contributed by atoms with Gasteiger partial charge in [0.15, 0.2) is 6.29 Å². The van der Waals surface area contributed by atoms with Crippen LogP contribution in [-0.4, -0.2) is 14.2 Å². The van der Waals surface area contributed by atoms with Crippen molar-refractivity contribution < 1.29 is 9.47 Å². The molecule has 108 valence electrons. The van der Waals surface area contributed by atoms with E-state index >= 15 is 0 Å². The summed E-state index contributed by atoms with van der Waals surface area (Å²) < 4.78 is 10.4. The zero-order chi connectivity index (χ0) is 15.1. The predicted octanol–water partition coefficient (Wildman–Crippen LogP) is 4.14. The van der Waals surface area contributed by atoms with Gasteiger partial charge in [0.05, 0.1) is 11.6 Å². The van der Waals surface area contributed by atoms with Crippen LogP contribution >= 0.6 is 11.8 Å². The molecule has 0 aliphatic carbocycles. The van der Waals surface area contributed by atoms with Crippen LogP contribution in [0.2, 0.25) is 0 Å². The first-order valence-electron chi connectivity index (χ1n) is 6.54. The molecule has 21 heavy (non-hydrogen) atoms. The van der Waals surface area contributed by atoms with E-state index in [0.29, 0.717) is 5.56 Å². The lowest BCUT2D eigenvalue weighted by molar-refractivity contribution is -0.106. The molecule has 0 aliphatic rings. The third-order valence-electron chi connectivity index (χ3n) is 3.04. The molecule has 3 nitrogen and oxygen atoms in total. The summed E-state index contributed by atoms with van der Waals surface area (Å²) >= 11 is 1.74. The van der Waals surface area contributed by atoms with Crippen LogP contribution in [0.5, 0.6) is 0 Å². The van der Waals surface area contributed by atoms with Crippen LogP contribution in [0.25, 0.3) is 0 Å². The summed E-state index contributed by atoms with van der Waals surface area (Å²) in [4.78, 5) is 1.17. The molecule has 2 rings (SSSR count). The highest BCUT2D eigenvalue weighted by atomic mass is 32.2. The summed E-state index contributed by atoms with van der Waals surface area (Å²) in [6.07, 6.45) is -0.323. The third kappa shape index (κ3) is 4.33. The number of benzene rings is 2. The van der Waals surface area contributed by atoms with Gasteiger partial charge >= 0.3 is 0 Å². The Morgan fingerprint density at radius 1 is 1.10 bits per heavy atom. The minimum Gasteiger partial charge on any atom is -0.352 e. The van der Waals surface area contributed by atoms with Gasteiger partial charge in [0.1, 0.15) is 0 Å². The van der Waals surface area contributed by atoms with E-state index in [1.807, 2.05) is 36.4 Å². The standard InChI is InChI=1S/C17H17NO2S/c1-19-17(20-2)15-6-8-16(9-7-15)21-12-14-5-3-4-13(10-14)11-18/h3-10,17H,12H2,1-2H3. The van der Waals surface area contributed by atoms with E-state index in [2.05, 4.69) is 18.2 Å². The molecule has 0 amide bonds. The fourth-order valence-electron chi connectivity index (χ4n) is 1.99. The summed E-state index contributed by atoms with van der Waals surface area (Å²) in [5.74, 6) is 0.840. The maximum absolute atomic E-state index is 8.90. The highest BCUT2D eigenvalue weighted by molar-refractivity contribution is 7.98. The van der Waals surface area contributed by atoms with Gasteiger partial charge in [-0.15, -0.1) is 11.8 Å². The first-order chi connectivity index (χ1) is 10.3. The van der Waals surface area contributed by atoms with Crippen molar-refractivity contribution in [3.63, 3.8) is 0 Å². The minimum atomic E-state index is -0.323. The van der Waals surface area contributed by atoms with E-state index in [0.717, 1.165) is 16.9 Å². The molecule has 2 aromatic rings. The van der Waals surface area contributed by atoms with Crippen LogP contribution < -0.4 is 0 Å². The number of thioether (sulfide) groups is 1. The molecule has 0 heterocycles. The van der Waals surface area contributed by atoms with E-state index in [1.165, 1.54) is 4.90 Å². The van der Waals surface area contributed by atoms with Crippen LogP contribution in [-0.2, 0) is 15.2 Å². The zero-order valence-electron chi connectivity index (χ0n) is 12.1. The van der Waals surface area contributed by atoms with E-state index in [1.54, 1.807) is 26.0 Å². The first kappa shape index (κ1) is 15.6. The summed E-state index contributed by atoms with van der Waals surface area (Å²) in [6.45, 7) is 0. The molecule has 2 aromatic carbocycles. The molecule has 0 atom stereocenters. The molecule has 0 saturated carbocycles. The number of methoxy groups -OCH3 is 2. The molecule has 0 bridgehead atoms. The first-order valence-corrected chi connectivity index (χ1v) is 7.52. The Hall–Kier alpha value is -1.80. The smallest absolute Gasteiger partial charge is 0.183 e. The second kappa shape index (κ2) is 7.84. The molecule has 0 spiro atoms. The van der Waals surface area contributed by atoms with Crippen molar-refractivity contribution in [3.8, 4) is 6.07 Å². The lowest BCUT2D eigenvalue weighted by Gasteiger charge is -2.13. The second-order valence-electron chi connectivity index (χ2n) is 4.47. The fourth-order valence-corrected chi connectivity index (χ4v) is 2.83. The molecule has 0 N–H and O–H groups in total. The Morgan fingerprint density at radius 2 is 1.81 bits per heavy atom. The Kier molecular flexibility index (Phi) is 5.82. The van der Waals surface area contributed by atoms with Crippen molar-refractivity contribution in [2.45, 2.75) is 16.9 Å². The zero-order valence-corrected chi connectivity index (χ0v) is 12.9. The van der Waals surface area contributed by atoms with E-state index in [9.17, 15) is 0 Å². The van der Waals surface area contributed by atoms with Crippen LogP contribution in [0.3, 0.4) is 0 Å². The number of hydrogen-bond donors (Lipinski definition) is 0. The van der Waals surface area contributed by atoms with Crippen LogP contribution in [0, 0.1) is 11.3 Å². The van der Waals surface area contributed by atoms with Gasteiger partial charge in [0.25, 0.3) is 0 Å². The second-order valence-corrected chi connectivity index (χ2v) is 5.52. The average Bonchev–Trinajstić information content (AvgIpc) is 2.55. The SMILES string of the molecule is COC(OC)c1ccc(SCc2cccc(C#N)c2)cc1. The lowest BCUT2D eigenvalue weighted by Crippen LogP contribution is -2.02. The van der Waals surface area contributed by atoms with Crippen molar-refractivity contribution in [1.82, 2.24) is 0 Å². The topological polar surface area (TPSA) is 42.2 Å². The normalized spacial score (nSPS) is 10.6. The van der Waals surface area contributed by atoms with Crippen molar-refractivity contribution in [3.05, 3.63) is 65.2 Å². The van der Waals surface area contributed by atoms with E-state index < -0.39 is 0 Å². The lowest BCUT2D eigenvalue weighted by atomic mass is 10.2. The summed E-state index contributed by atoms with van der Waals surface area (Å²) in [6, 6.07) is 18.0. The third-order valence-corrected chi connectivity index (χ3v) is 4.13. The number of rotatable bonds is 6. The number of nitriles is 1. The van der Waals surface area contributed by atoms with Gasteiger partial charge in [-0.1, -0.05) is 24.3 Å². The number of nitrogens with zero attached hydrogens (tertiary/aromatic N) is 1. The maximum atomic E-state index is 8.90. The molecule has 4 heteroatoms. The van der Waals surface area contributed by atoms with Crippen LogP contribution in [0.1, 0.15) is 23.0 Å². The highest BCUT2D eigenvalue weighted by Gasteiger charge is 2.08. The van der Waals surface area contributed by atoms with Crippen LogP contribution in [0.4, 0.5) is 0 Å². The highest BCUT2D eigenvalue weighted by Crippen LogP contribution is 2.25. The van der Waals surface area contributed by atoms with E-state index in [-0.39, 0.29) is 6.29 Å². The molecule has 0 unspecified atom stereocenters. The van der Waals surface area contributed by atoms with Gasteiger partial charge in [0.2, 0.25) is 0 Å². The van der Waals surface area contributed by atoms with E-state index in [4.69, 9.17) is 14.7 Å². The number of ether oxygens (including phenoxy) is 2. The Balaban J connectivity index is 1.99. The molecule has 0 radical (unpaired) electrons. The molecule has 0 aliphatic heterocycles. The molecule has 0 aromatic heterocycles. The van der Waals surface area contributed by atoms with Gasteiger partial charge in [-0.2, -0.15) is 5.26 Å². The van der Waals surface area contributed by atoms with Gasteiger partial charge < -0.3 is 9.47 Å². The van der Waals surface area contributed by atoms with Crippen LogP contribution in [0.15, 0.2) is 53.4 Å². The minimum absolute atomic E-state index is 0.323. The van der Waals surface area contributed by atoms with Gasteiger partial charge in [-0.3, -0.25) is 0 Å². The Labute approximate surface area is 129 Å². The van der Waals surface area contributed by atoms with Gasteiger partial charge in [0, 0.05) is 30.4 Å². The Morgan fingerprint density at radius 3 is 2.43 bits per heavy atom. The summed E-state index contributed by atoms with van der Waals surface area (Å²) in [7, 11) is 3.25. The molecule has 0 fully saturated rings. The molecular weight excluding hydrogens is 282 g/mol. The largest absolute Gasteiger partial charge is 0.352 e. The molecular formula is C17H17NO2S. The van der Waals surface area contributed by atoms with Crippen molar-refractivity contribution in [2.75, 3.05) is 14.2 Å². The summed E-state index contributed by atoms with van der Waals surface area (Å²) in [5, 5.41) is 8.90. The predicted molar refractivity (Wildman–Crippen MR) is 83.9 cm³/mol. The Bertz CT molecular complexity index is 615. The maximum Gasteiger partial charge on any atom is 0.183 e. The van der Waals surface area contributed by atoms with Gasteiger partial charge in [-0.05, 0) is 29.8 Å². The fraction of sp³-hybridized carbons (Fsp3) is 0.235. The summed E-state index contributed by atoms with van der Waals surface area (Å²) in [5.41, 5.74) is 2.84. The van der Waals surface area contributed by atoms with Crippen molar-refractivity contribution in [1.29, 1.82) is 5.26 Å². The number of hydrogen-bond acceptors (Lipinski definition) is 4. The quantitative estimate of drug-likeness (QED) is 0.594. The average molecular weight is 299 g/mol. The monoisotopic (exact) mass is 299 g/mol. The van der Waals surface area contributed by atoms with Gasteiger partial charge in [-0.25, -0.2) is 0 Å². The van der Waals surface area contributed by atoms with Crippen molar-refractivity contribution in [2.24, 2.45) is 0 Å². The van der Waals surface area contributed by atoms with Crippen molar-refractivity contribution >= 4 is 11.8 Å². The molecule has 0 saturated heterocycles.